The molecule has 1 aromatic carbocycles. The molecule has 140 valence electrons. The van der Waals surface area contributed by atoms with E-state index in [4.69, 9.17) is 16.3 Å². The van der Waals surface area contributed by atoms with Gasteiger partial charge in [0.25, 0.3) is 5.91 Å². The number of ether oxygens (including phenoxy) is 1. The van der Waals surface area contributed by atoms with Gasteiger partial charge in [0.15, 0.2) is 6.61 Å². The summed E-state index contributed by atoms with van der Waals surface area (Å²) in [6, 6.07) is 4.42. The maximum Gasteiger partial charge on any atom is 0.258 e. The second-order valence-electron chi connectivity index (χ2n) is 6.22. The number of hydrogen-bond acceptors (Lipinski definition) is 4. The van der Waals surface area contributed by atoms with Crippen molar-refractivity contribution in [2.75, 3.05) is 19.7 Å². The normalized spacial score (nSPS) is 17.1. The van der Waals surface area contributed by atoms with Crippen molar-refractivity contribution in [3.05, 3.63) is 23.2 Å². The quantitative estimate of drug-likeness (QED) is 0.779. The number of rotatable bonds is 7. The molecule has 1 fully saturated rings. The molecule has 8 heteroatoms. The minimum Gasteiger partial charge on any atom is -0.482 e. The minimum absolute atomic E-state index is 0.0728. The van der Waals surface area contributed by atoms with Gasteiger partial charge in [-0.3, -0.25) is 4.79 Å². The maximum atomic E-state index is 12.6. The van der Waals surface area contributed by atoms with Gasteiger partial charge >= 0.3 is 0 Å². The fourth-order valence-electron chi connectivity index (χ4n) is 2.58. The van der Waals surface area contributed by atoms with Gasteiger partial charge in [0.05, 0.1) is 9.92 Å². The van der Waals surface area contributed by atoms with Crippen LogP contribution < -0.4 is 10.1 Å². The molecule has 1 N–H and O–H groups in total. The summed E-state index contributed by atoms with van der Waals surface area (Å²) in [5.41, 5.74) is 0. The second kappa shape index (κ2) is 8.87. The van der Waals surface area contributed by atoms with E-state index in [-0.39, 0.29) is 28.5 Å². The third kappa shape index (κ3) is 5.33. The van der Waals surface area contributed by atoms with Gasteiger partial charge in [-0.1, -0.05) is 24.9 Å². The minimum atomic E-state index is -3.54. The second-order valence-corrected chi connectivity index (χ2v) is 8.57. The monoisotopic (exact) mass is 388 g/mol. The van der Waals surface area contributed by atoms with E-state index in [1.165, 1.54) is 22.5 Å². The predicted molar refractivity (Wildman–Crippen MR) is 97.5 cm³/mol. The Hall–Kier alpha value is -1.31. The van der Waals surface area contributed by atoms with E-state index < -0.39 is 10.0 Å². The Morgan fingerprint density at radius 3 is 2.60 bits per heavy atom. The van der Waals surface area contributed by atoms with Crippen molar-refractivity contribution in [3.8, 4) is 5.75 Å². The third-order valence-electron chi connectivity index (χ3n) is 4.23. The molecule has 1 saturated heterocycles. The molecule has 0 spiro atoms. The lowest BCUT2D eigenvalue weighted by Gasteiger charge is -2.26. The van der Waals surface area contributed by atoms with Crippen LogP contribution in [-0.2, 0) is 14.8 Å². The highest BCUT2D eigenvalue weighted by molar-refractivity contribution is 7.89. The van der Waals surface area contributed by atoms with E-state index in [9.17, 15) is 13.2 Å². The Bertz CT molecular complexity index is 703. The first-order valence-electron chi connectivity index (χ1n) is 8.56. The van der Waals surface area contributed by atoms with Crippen molar-refractivity contribution in [1.82, 2.24) is 9.62 Å². The molecule has 1 aliphatic heterocycles. The lowest BCUT2D eigenvalue weighted by atomic mass is 10.2. The Morgan fingerprint density at radius 2 is 2.00 bits per heavy atom. The zero-order valence-corrected chi connectivity index (χ0v) is 16.2. The maximum absolute atomic E-state index is 12.6. The van der Waals surface area contributed by atoms with E-state index in [0.717, 1.165) is 25.7 Å². The summed E-state index contributed by atoms with van der Waals surface area (Å²) in [6.45, 7) is 4.79. The van der Waals surface area contributed by atoms with Gasteiger partial charge in [-0.15, -0.1) is 0 Å². The number of piperidine rings is 1. The molecule has 1 aromatic rings. The molecule has 1 heterocycles. The van der Waals surface area contributed by atoms with Crippen LogP contribution in [0.25, 0.3) is 0 Å². The summed E-state index contributed by atoms with van der Waals surface area (Å²) >= 11 is 6.15. The summed E-state index contributed by atoms with van der Waals surface area (Å²) in [5.74, 6) is 0.0500. The molecule has 25 heavy (non-hydrogen) atoms. The van der Waals surface area contributed by atoms with Crippen molar-refractivity contribution >= 4 is 27.5 Å². The van der Waals surface area contributed by atoms with Gasteiger partial charge in [0.1, 0.15) is 5.75 Å². The number of hydrogen-bond donors (Lipinski definition) is 1. The van der Waals surface area contributed by atoms with Gasteiger partial charge in [-0.25, -0.2) is 8.42 Å². The average Bonchev–Trinajstić information content (AvgIpc) is 2.61. The van der Waals surface area contributed by atoms with Gasteiger partial charge in [-0.2, -0.15) is 4.31 Å². The summed E-state index contributed by atoms with van der Waals surface area (Å²) in [6.07, 6.45) is 3.63. The number of nitrogens with one attached hydrogen (secondary N) is 1. The van der Waals surface area contributed by atoms with Crippen LogP contribution in [0, 0.1) is 0 Å². The molecule has 1 amide bonds. The largest absolute Gasteiger partial charge is 0.482 e. The van der Waals surface area contributed by atoms with E-state index in [1.807, 2.05) is 13.8 Å². The highest BCUT2D eigenvalue weighted by atomic mass is 35.5. The zero-order chi connectivity index (χ0) is 18.4. The van der Waals surface area contributed by atoms with Crippen LogP contribution in [0.5, 0.6) is 5.75 Å². The van der Waals surface area contributed by atoms with Crippen LogP contribution in [0.3, 0.4) is 0 Å². The molecule has 2 rings (SSSR count). The Balaban J connectivity index is 2.03. The topological polar surface area (TPSA) is 75.7 Å². The van der Waals surface area contributed by atoms with Crippen molar-refractivity contribution in [2.24, 2.45) is 0 Å². The number of halogens is 1. The molecular weight excluding hydrogens is 364 g/mol. The average molecular weight is 389 g/mol. The van der Waals surface area contributed by atoms with E-state index >= 15 is 0 Å². The summed E-state index contributed by atoms with van der Waals surface area (Å²) in [4.78, 5) is 11.9. The highest BCUT2D eigenvalue weighted by Gasteiger charge is 2.26. The molecule has 0 aromatic heterocycles. The van der Waals surface area contributed by atoms with Crippen LogP contribution in [0.2, 0.25) is 5.02 Å². The summed E-state index contributed by atoms with van der Waals surface area (Å²) in [5, 5.41) is 2.96. The van der Waals surface area contributed by atoms with Gasteiger partial charge in [0.2, 0.25) is 10.0 Å². The molecule has 1 atom stereocenters. The SMILES string of the molecule is CC[C@H](C)NC(=O)COc1ccc(S(=O)(=O)N2CCCCC2)cc1Cl. The van der Waals surface area contributed by atoms with Crippen LogP contribution in [-0.4, -0.2) is 44.4 Å². The molecule has 0 unspecified atom stereocenters. The van der Waals surface area contributed by atoms with Crippen LogP contribution in [0.15, 0.2) is 23.1 Å². The Morgan fingerprint density at radius 1 is 1.32 bits per heavy atom. The number of nitrogens with zero attached hydrogens (tertiary/aromatic N) is 1. The predicted octanol–water partition coefficient (Wildman–Crippen LogP) is 2.81. The first-order chi connectivity index (χ1) is 11.8. The Labute approximate surface area is 154 Å². The van der Waals surface area contributed by atoms with E-state index in [2.05, 4.69) is 5.32 Å². The molecule has 0 saturated carbocycles. The lowest BCUT2D eigenvalue weighted by molar-refractivity contribution is -0.123. The van der Waals surface area contributed by atoms with Crippen molar-refractivity contribution in [1.29, 1.82) is 0 Å². The molecule has 0 bridgehead atoms. The molecule has 6 nitrogen and oxygen atoms in total. The van der Waals surface area contributed by atoms with Crippen molar-refractivity contribution in [2.45, 2.75) is 50.5 Å². The van der Waals surface area contributed by atoms with E-state index in [0.29, 0.717) is 18.8 Å². The standard InChI is InChI=1S/C17H25ClN2O4S/c1-3-13(2)19-17(21)12-24-16-8-7-14(11-15(16)18)25(22,23)20-9-5-4-6-10-20/h7-8,11,13H,3-6,9-10,12H2,1-2H3,(H,19,21)/t13-/m0/s1. The van der Waals surface area contributed by atoms with Crippen molar-refractivity contribution < 1.29 is 17.9 Å². The highest BCUT2D eigenvalue weighted by Crippen LogP contribution is 2.29. The smallest absolute Gasteiger partial charge is 0.258 e. The van der Waals surface area contributed by atoms with Crippen molar-refractivity contribution in [3.63, 3.8) is 0 Å². The summed E-state index contributed by atoms with van der Waals surface area (Å²) < 4.78 is 32.2. The third-order valence-corrected chi connectivity index (χ3v) is 6.42. The number of benzene rings is 1. The molecule has 0 radical (unpaired) electrons. The number of carbonyl (C=O) groups is 1. The van der Waals surface area contributed by atoms with Gasteiger partial charge in [0, 0.05) is 19.1 Å². The number of sulfonamides is 1. The van der Waals surface area contributed by atoms with Crippen LogP contribution in [0.4, 0.5) is 0 Å². The first kappa shape index (κ1) is 20.0. The fourth-order valence-corrected chi connectivity index (χ4v) is 4.42. The van der Waals surface area contributed by atoms with E-state index in [1.54, 1.807) is 0 Å². The number of carbonyl (C=O) groups excluding carboxylic acids is 1. The number of amides is 1. The first-order valence-corrected chi connectivity index (χ1v) is 10.4. The van der Waals surface area contributed by atoms with Gasteiger partial charge < -0.3 is 10.1 Å². The van der Waals surface area contributed by atoms with Crippen LogP contribution in [0.1, 0.15) is 39.5 Å². The fraction of sp³-hybridized carbons (Fsp3) is 0.588. The van der Waals surface area contributed by atoms with Crippen LogP contribution >= 0.6 is 11.6 Å². The molecule has 0 aliphatic carbocycles. The molecule has 1 aliphatic rings. The zero-order valence-electron chi connectivity index (χ0n) is 14.6. The van der Waals surface area contributed by atoms with Gasteiger partial charge in [-0.05, 0) is 44.4 Å². The Kier molecular flexibility index (Phi) is 7.10. The summed E-state index contributed by atoms with van der Waals surface area (Å²) in [7, 11) is -3.54. The lowest BCUT2D eigenvalue weighted by Crippen LogP contribution is -2.36. The molecular formula is C17H25ClN2O4S.